The van der Waals surface area contributed by atoms with Crippen LogP contribution in [-0.4, -0.2) is 25.4 Å². The molecule has 1 unspecified atom stereocenters. The SMILES string of the molecule is CCCCC1(C)C=C(P(=O)(OC)OC)C(C)(C)O1. The topological polar surface area (TPSA) is 44.8 Å². The van der Waals surface area contributed by atoms with Crippen molar-refractivity contribution in [2.75, 3.05) is 14.2 Å². The zero-order valence-corrected chi connectivity index (χ0v) is 13.2. The van der Waals surface area contributed by atoms with E-state index in [1.807, 2.05) is 26.8 Å². The predicted octanol–water partition coefficient (Wildman–Crippen LogP) is 4.11. The van der Waals surface area contributed by atoms with Crippen LogP contribution < -0.4 is 0 Å². The molecular formula is C13H25O4P. The maximum Gasteiger partial charge on any atom is 0.359 e. The number of unbranched alkanes of at least 4 members (excludes halogenated alkanes) is 1. The fourth-order valence-electron chi connectivity index (χ4n) is 2.46. The Labute approximate surface area is 110 Å². The molecule has 18 heavy (non-hydrogen) atoms. The van der Waals surface area contributed by atoms with Crippen molar-refractivity contribution < 1.29 is 18.3 Å². The summed E-state index contributed by atoms with van der Waals surface area (Å²) < 4.78 is 28.8. The van der Waals surface area contributed by atoms with Gasteiger partial charge in [0.2, 0.25) is 0 Å². The minimum Gasteiger partial charge on any atom is -0.360 e. The van der Waals surface area contributed by atoms with Crippen molar-refractivity contribution in [3.8, 4) is 0 Å². The maximum atomic E-state index is 12.5. The Morgan fingerprint density at radius 2 is 1.83 bits per heavy atom. The fourth-order valence-corrected chi connectivity index (χ4v) is 4.14. The van der Waals surface area contributed by atoms with Gasteiger partial charge in [-0.1, -0.05) is 19.8 Å². The summed E-state index contributed by atoms with van der Waals surface area (Å²) in [5, 5.41) is 0.624. The molecule has 0 aliphatic carbocycles. The van der Waals surface area contributed by atoms with Gasteiger partial charge in [0, 0.05) is 14.2 Å². The van der Waals surface area contributed by atoms with Crippen LogP contribution in [0.25, 0.3) is 0 Å². The molecule has 5 heteroatoms. The minimum atomic E-state index is -3.23. The first-order valence-electron chi connectivity index (χ1n) is 6.38. The molecule has 106 valence electrons. The number of rotatable bonds is 6. The van der Waals surface area contributed by atoms with Crippen LogP contribution in [-0.2, 0) is 18.3 Å². The van der Waals surface area contributed by atoms with E-state index in [-0.39, 0.29) is 5.60 Å². The highest BCUT2D eigenvalue weighted by Crippen LogP contribution is 2.63. The second-order valence-electron chi connectivity index (χ2n) is 5.42. The smallest absolute Gasteiger partial charge is 0.359 e. The molecule has 0 bridgehead atoms. The molecule has 1 heterocycles. The third-order valence-electron chi connectivity index (χ3n) is 3.35. The highest BCUT2D eigenvalue weighted by Gasteiger charge is 2.49. The van der Waals surface area contributed by atoms with Gasteiger partial charge in [-0.25, -0.2) is 0 Å². The Balaban J connectivity index is 3.08. The molecule has 0 saturated heterocycles. The molecule has 0 radical (unpaired) electrons. The molecule has 1 atom stereocenters. The van der Waals surface area contributed by atoms with E-state index in [9.17, 15) is 4.57 Å². The first-order valence-corrected chi connectivity index (χ1v) is 7.93. The van der Waals surface area contributed by atoms with Gasteiger partial charge in [-0.05, 0) is 33.3 Å². The van der Waals surface area contributed by atoms with Crippen molar-refractivity contribution in [2.24, 2.45) is 0 Å². The Hall–Kier alpha value is -0.150. The van der Waals surface area contributed by atoms with E-state index in [1.54, 1.807) is 0 Å². The van der Waals surface area contributed by atoms with Crippen LogP contribution in [0.3, 0.4) is 0 Å². The van der Waals surface area contributed by atoms with E-state index in [0.717, 1.165) is 19.3 Å². The molecule has 0 aromatic carbocycles. The van der Waals surface area contributed by atoms with E-state index < -0.39 is 13.2 Å². The standard InChI is InChI=1S/C13H25O4P/c1-7-8-9-13(4)10-11(12(2,3)17-13)18(14,15-5)16-6/h10H,7-9H2,1-6H3. The molecule has 0 fully saturated rings. The van der Waals surface area contributed by atoms with Gasteiger partial charge in [0.1, 0.15) is 0 Å². The molecule has 1 aliphatic heterocycles. The van der Waals surface area contributed by atoms with Gasteiger partial charge in [0.15, 0.2) is 0 Å². The largest absolute Gasteiger partial charge is 0.360 e. The molecule has 0 aromatic heterocycles. The van der Waals surface area contributed by atoms with Crippen molar-refractivity contribution >= 4 is 7.60 Å². The quantitative estimate of drug-likeness (QED) is 0.685. The van der Waals surface area contributed by atoms with Crippen LogP contribution >= 0.6 is 7.60 Å². The normalized spacial score (nSPS) is 27.3. The zero-order chi connectivity index (χ0) is 14.0. The van der Waals surface area contributed by atoms with Crippen molar-refractivity contribution in [2.45, 2.75) is 58.2 Å². The van der Waals surface area contributed by atoms with Gasteiger partial charge >= 0.3 is 7.60 Å². The second kappa shape index (κ2) is 5.46. The van der Waals surface area contributed by atoms with Crippen LogP contribution in [0.4, 0.5) is 0 Å². The molecule has 0 amide bonds. The van der Waals surface area contributed by atoms with Crippen LogP contribution in [0.5, 0.6) is 0 Å². The van der Waals surface area contributed by atoms with Gasteiger partial charge in [0.05, 0.1) is 16.5 Å². The minimum absolute atomic E-state index is 0.387. The van der Waals surface area contributed by atoms with Crippen molar-refractivity contribution in [3.63, 3.8) is 0 Å². The molecule has 1 rings (SSSR count). The third kappa shape index (κ3) is 3.05. The van der Waals surface area contributed by atoms with Crippen molar-refractivity contribution in [1.82, 2.24) is 0 Å². The van der Waals surface area contributed by atoms with Crippen molar-refractivity contribution in [1.29, 1.82) is 0 Å². The Morgan fingerprint density at radius 3 is 2.28 bits per heavy atom. The zero-order valence-electron chi connectivity index (χ0n) is 12.3. The molecule has 1 aliphatic rings. The summed E-state index contributed by atoms with van der Waals surface area (Å²) in [5.74, 6) is 0. The van der Waals surface area contributed by atoms with Gasteiger partial charge in [0.25, 0.3) is 0 Å². The Kier molecular flexibility index (Phi) is 4.82. The summed E-state index contributed by atoms with van der Waals surface area (Å²) in [4.78, 5) is 0. The van der Waals surface area contributed by atoms with E-state index in [2.05, 4.69) is 6.92 Å². The molecule has 4 nitrogen and oxygen atoms in total. The highest BCUT2D eigenvalue weighted by atomic mass is 31.2. The van der Waals surface area contributed by atoms with Gasteiger partial charge in [-0.2, -0.15) is 0 Å². The van der Waals surface area contributed by atoms with Crippen LogP contribution in [0.2, 0.25) is 0 Å². The van der Waals surface area contributed by atoms with E-state index >= 15 is 0 Å². The molecule has 0 spiro atoms. The first kappa shape index (κ1) is 15.9. The van der Waals surface area contributed by atoms with E-state index in [1.165, 1.54) is 14.2 Å². The third-order valence-corrected chi connectivity index (χ3v) is 5.57. The average molecular weight is 276 g/mol. The number of hydrogen-bond acceptors (Lipinski definition) is 4. The lowest BCUT2D eigenvalue weighted by atomic mass is 10.00. The first-order chi connectivity index (χ1) is 8.23. The summed E-state index contributed by atoms with van der Waals surface area (Å²) in [6.07, 6.45) is 5.01. The lowest BCUT2D eigenvalue weighted by molar-refractivity contribution is -0.0662. The summed E-state index contributed by atoms with van der Waals surface area (Å²) in [6.45, 7) is 7.97. The van der Waals surface area contributed by atoms with Gasteiger partial charge < -0.3 is 13.8 Å². The van der Waals surface area contributed by atoms with E-state index in [0.29, 0.717) is 5.31 Å². The van der Waals surface area contributed by atoms with Crippen LogP contribution in [0.15, 0.2) is 11.4 Å². The number of ether oxygens (including phenoxy) is 1. The molecule has 0 N–H and O–H groups in total. The number of hydrogen-bond donors (Lipinski definition) is 0. The fraction of sp³-hybridized carbons (Fsp3) is 0.846. The van der Waals surface area contributed by atoms with Crippen molar-refractivity contribution in [3.05, 3.63) is 11.4 Å². The lowest BCUT2D eigenvalue weighted by Gasteiger charge is -2.30. The second-order valence-corrected chi connectivity index (χ2v) is 7.63. The summed E-state index contributed by atoms with van der Waals surface area (Å²) in [6, 6.07) is 0. The predicted molar refractivity (Wildman–Crippen MR) is 72.8 cm³/mol. The average Bonchev–Trinajstić information content (AvgIpc) is 2.57. The molecular weight excluding hydrogens is 251 g/mol. The summed E-state index contributed by atoms with van der Waals surface area (Å²) in [5.41, 5.74) is -1.01. The van der Waals surface area contributed by atoms with Gasteiger partial charge in [-0.15, -0.1) is 0 Å². The Morgan fingerprint density at radius 1 is 1.28 bits per heavy atom. The summed E-state index contributed by atoms with van der Waals surface area (Å²) in [7, 11) is -0.415. The summed E-state index contributed by atoms with van der Waals surface area (Å²) >= 11 is 0. The van der Waals surface area contributed by atoms with E-state index in [4.69, 9.17) is 13.8 Å². The maximum absolute atomic E-state index is 12.5. The highest BCUT2D eigenvalue weighted by molar-refractivity contribution is 7.58. The lowest BCUT2D eigenvalue weighted by Crippen LogP contribution is -2.31. The van der Waals surface area contributed by atoms with Crippen LogP contribution in [0, 0.1) is 0 Å². The Bertz CT molecular complexity index is 367. The monoisotopic (exact) mass is 276 g/mol. The molecule has 0 aromatic rings. The van der Waals surface area contributed by atoms with Gasteiger partial charge in [-0.3, -0.25) is 4.57 Å². The van der Waals surface area contributed by atoms with Crippen LogP contribution in [0.1, 0.15) is 47.0 Å². The molecule has 0 saturated carbocycles.